The molecule has 1 fully saturated rings. The molecule has 0 aliphatic carbocycles. The number of nitrogens with zero attached hydrogens (tertiary/aromatic N) is 4. The fraction of sp³-hybridized carbons (Fsp3) is 0.227. The third-order valence-electron chi connectivity index (χ3n) is 4.88. The number of hydrogen-bond donors (Lipinski definition) is 2. The third-order valence-corrected chi connectivity index (χ3v) is 4.88. The maximum atomic E-state index is 12.5. The van der Waals surface area contributed by atoms with Crippen LogP contribution in [0.15, 0.2) is 54.6 Å². The van der Waals surface area contributed by atoms with Crippen molar-refractivity contribution in [2.45, 2.75) is 20.0 Å². The van der Waals surface area contributed by atoms with Crippen LogP contribution in [-0.4, -0.2) is 33.4 Å². The Kier molecular flexibility index (Phi) is 5.74. The summed E-state index contributed by atoms with van der Waals surface area (Å²) in [4.78, 5) is 38.8. The summed E-state index contributed by atoms with van der Waals surface area (Å²) < 4.78 is 5.37. The lowest BCUT2D eigenvalue weighted by molar-refractivity contribution is -0.149. The number of esters is 1. The molecule has 2 aromatic carbocycles. The van der Waals surface area contributed by atoms with Crippen LogP contribution >= 0.6 is 0 Å². The molecular weight excluding hydrogens is 396 g/mol. The standard InChI is InChI=1S/C22H22N6O3/c1-14-7-9-17(10-8-14)28-12-15(11-19(28)29)20(30)31-13-18-25-21(23)27-22(26-18)24-16-5-3-2-4-6-16/h2-10,15H,11-13H2,1H3,(H3,23,24,25,26,27)/t15-/m1/s1. The number of rotatable bonds is 6. The largest absolute Gasteiger partial charge is 0.457 e. The Hall–Kier alpha value is -4.01. The third kappa shape index (κ3) is 4.95. The number of carbonyl (C=O) groups is 2. The fourth-order valence-corrected chi connectivity index (χ4v) is 3.30. The number of anilines is 4. The highest BCUT2D eigenvalue weighted by Gasteiger charge is 2.36. The summed E-state index contributed by atoms with van der Waals surface area (Å²) in [7, 11) is 0. The van der Waals surface area contributed by atoms with Crippen LogP contribution in [0, 0.1) is 12.8 Å². The predicted molar refractivity (Wildman–Crippen MR) is 115 cm³/mol. The minimum Gasteiger partial charge on any atom is -0.457 e. The Morgan fingerprint density at radius 2 is 1.87 bits per heavy atom. The van der Waals surface area contributed by atoms with Crippen LogP contribution in [0.1, 0.15) is 17.8 Å². The van der Waals surface area contributed by atoms with Crippen LogP contribution in [0.2, 0.25) is 0 Å². The van der Waals surface area contributed by atoms with E-state index in [9.17, 15) is 9.59 Å². The van der Waals surface area contributed by atoms with Gasteiger partial charge in [-0.2, -0.15) is 15.0 Å². The number of nitrogens with two attached hydrogens (primary N) is 1. The minimum absolute atomic E-state index is 0.0149. The highest BCUT2D eigenvalue weighted by Crippen LogP contribution is 2.26. The molecule has 1 aliphatic rings. The number of benzene rings is 2. The molecule has 0 unspecified atom stereocenters. The molecule has 9 nitrogen and oxygen atoms in total. The number of nitrogens with one attached hydrogen (secondary N) is 1. The highest BCUT2D eigenvalue weighted by molar-refractivity contribution is 5.99. The van der Waals surface area contributed by atoms with E-state index in [0.29, 0.717) is 0 Å². The lowest BCUT2D eigenvalue weighted by atomic mass is 10.1. The first-order valence-corrected chi connectivity index (χ1v) is 9.84. The maximum Gasteiger partial charge on any atom is 0.311 e. The van der Waals surface area contributed by atoms with Gasteiger partial charge in [-0.15, -0.1) is 0 Å². The number of nitrogen functional groups attached to an aromatic ring is 1. The molecule has 0 bridgehead atoms. The Bertz CT molecular complexity index is 1090. The van der Waals surface area contributed by atoms with Gasteiger partial charge in [0.1, 0.15) is 0 Å². The molecule has 2 heterocycles. The predicted octanol–water partition coefficient (Wildman–Crippen LogP) is 2.60. The summed E-state index contributed by atoms with van der Waals surface area (Å²) in [6.07, 6.45) is 0.104. The van der Waals surface area contributed by atoms with Crippen molar-refractivity contribution in [3.05, 3.63) is 66.0 Å². The van der Waals surface area contributed by atoms with Gasteiger partial charge in [-0.25, -0.2) is 0 Å². The van der Waals surface area contributed by atoms with E-state index in [0.717, 1.165) is 16.9 Å². The average molecular weight is 418 g/mol. The van der Waals surface area contributed by atoms with Crippen LogP contribution in [0.3, 0.4) is 0 Å². The van der Waals surface area contributed by atoms with E-state index >= 15 is 0 Å². The summed E-state index contributed by atoms with van der Waals surface area (Å²) in [5, 5.41) is 3.03. The van der Waals surface area contributed by atoms with Crippen molar-refractivity contribution in [2.75, 3.05) is 22.5 Å². The zero-order valence-electron chi connectivity index (χ0n) is 17.0. The van der Waals surface area contributed by atoms with Gasteiger partial charge in [-0.1, -0.05) is 35.9 Å². The zero-order chi connectivity index (χ0) is 21.8. The van der Waals surface area contributed by atoms with Crippen molar-refractivity contribution in [3.63, 3.8) is 0 Å². The second kappa shape index (κ2) is 8.78. The molecule has 1 saturated heterocycles. The summed E-state index contributed by atoms with van der Waals surface area (Å²) >= 11 is 0. The van der Waals surface area contributed by atoms with Crippen molar-refractivity contribution in [3.8, 4) is 0 Å². The number of ether oxygens (including phenoxy) is 1. The van der Waals surface area contributed by atoms with E-state index < -0.39 is 11.9 Å². The molecule has 1 atom stereocenters. The Morgan fingerprint density at radius 1 is 1.13 bits per heavy atom. The Morgan fingerprint density at radius 3 is 2.61 bits per heavy atom. The number of carbonyl (C=O) groups excluding carboxylic acids is 2. The van der Waals surface area contributed by atoms with Gasteiger partial charge in [0.05, 0.1) is 5.92 Å². The number of para-hydroxylation sites is 1. The van der Waals surface area contributed by atoms with Gasteiger partial charge in [0.15, 0.2) is 12.4 Å². The maximum absolute atomic E-state index is 12.5. The molecule has 0 saturated carbocycles. The van der Waals surface area contributed by atoms with Crippen molar-refractivity contribution >= 4 is 35.1 Å². The van der Waals surface area contributed by atoms with Gasteiger partial charge < -0.3 is 20.7 Å². The lowest BCUT2D eigenvalue weighted by Crippen LogP contribution is -2.26. The topological polar surface area (TPSA) is 123 Å². The first-order valence-electron chi connectivity index (χ1n) is 9.84. The normalized spacial score (nSPS) is 15.7. The molecule has 4 rings (SSSR count). The molecule has 3 aromatic rings. The molecule has 158 valence electrons. The van der Waals surface area contributed by atoms with Crippen LogP contribution in [0.4, 0.5) is 23.3 Å². The van der Waals surface area contributed by atoms with Gasteiger partial charge in [0.25, 0.3) is 0 Å². The van der Waals surface area contributed by atoms with Gasteiger partial charge in [-0.3, -0.25) is 9.59 Å². The molecule has 0 radical (unpaired) electrons. The molecule has 1 aliphatic heterocycles. The molecule has 3 N–H and O–H groups in total. The second-order valence-electron chi connectivity index (χ2n) is 7.27. The summed E-state index contributed by atoms with van der Waals surface area (Å²) in [6, 6.07) is 17.0. The lowest BCUT2D eigenvalue weighted by Gasteiger charge is -2.16. The van der Waals surface area contributed by atoms with Gasteiger partial charge >= 0.3 is 5.97 Å². The first-order chi connectivity index (χ1) is 15.0. The molecule has 9 heteroatoms. The monoisotopic (exact) mass is 418 g/mol. The molecule has 1 aromatic heterocycles. The molecule has 0 spiro atoms. The van der Waals surface area contributed by atoms with Crippen molar-refractivity contribution < 1.29 is 14.3 Å². The average Bonchev–Trinajstić information content (AvgIpc) is 3.15. The minimum atomic E-state index is -0.546. The van der Waals surface area contributed by atoms with Gasteiger partial charge in [0.2, 0.25) is 17.8 Å². The van der Waals surface area contributed by atoms with Crippen LogP contribution in [0.25, 0.3) is 0 Å². The summed E-state index contributed by atoms with van der Waals surface area (Å²) in [5.41, 5.74) is 8.42. The number of amides is 1. The molecular formula is C22H22N6O3. The Labute approximate surface area is 179 Å². The highest BCUT2D eigenvalue weighted by atomic mass is 16.5. The summed E-state index contributed by atoms with van der Waals surface area (Å²) in [5.74, 6) is -0.634. The van der Waals surface area contributed by atoms with Crippen molar-refractivity contribution in [1.29, 1.82) is 0 Å². The zero-order valence-corrected chi connectivity index (χ0v) is 17.0. The van der Waals surface area contributed by atoms with Gasteiger partial charge in [0, 0.05) is 24.3 Å². The van der Waals surface area contributed by atoms with E-state index in [-0.39, 0.29) is 43.2 Å². The van der Waals surface area contributed by atoms with Crippen LogP contribution in [-0.2, 0) is 20.9 Å². The van der Waals surface area contributed by atoms with Crippen molar-refractivity contribution in [1.82, 2.24) is 15.0 Å². The quantitative estimate of drug-likeness (QED) is 0.586. The molecule has 1 amide bonds. The van der Waals surface area contributed by atoms with E-state index in [1.54, 1.807) is 4.90 Å². The number of aromatic nitrogens is 3. The van der Waals surface area contributed by atoms with Crippen molar-refractivity contribution in [2.24, 2.45) is 5.92 Å². The van der Waals surface area contributed by atoms with E-state index in [1.807, 2.05) is 61.5 Å². The summed E-state index contributed by atoms with van der Waals surface area (Å²) in [6.45, 7) is 2.09. The SMILES string of the molecule is Cc1ccc(N2C[C@H](C(=O)OCc3nc(N)nc(Nc4ccccc4)n3)CC2=O)cc1. The second-order valence-corrected chi connectivity index (χ2v) is 7.27. The van der Waals surface area contributed by atoms with E-state index in [1.165, 1.54) is 0 Å². The fourth-order valence-electron chi connectivity index (χ4n) is 3.30. The van der Waals surface area contributed by atoms with E-state index in [2.05, 4.69) is 20.3 Å². The van der Waals surface area contributed by atoms with Gasteiger partial charge in [-0.05, 0) is 31.2 Å². The Balaban J connectivity index is 1.37. The van der Waals surface area contributed by atoms with Crippen LogP contribution in [0.5, 0.6) is 0 Å². The smallest absolute Gasteiger partial charge is 0.311 e. The molecule has 31 heavy (non-hydrogen) atoms. The van der Waals surface area contributed by atoms with E-state index in [4.69, 9.17) is 10.5 Å². The van der Waals surface area contributed by atoms with Crippen LogP contribution < -0.4 is 16.0 Å². The number of hydrogen-bond acceptors (Lipinski definition) is 8. The first kappa shape index (κ1) is 20.3. The number of aryl methyl sites for hydroxylation is 1.